The fourth-order valence-electron chi connectivity index (χ4n) is 4.31. The van der Waals surface area contributed by atoms with Gasteiger partial charge in [0.2, 0.25) is 0 Å². The van der Waals surface area contributed by atoms with E-state index < -0.39 is 0 Å². The normalized spacial score (nSPS) is 22.0. The number of H-pyrrole nitrogens is 1. The van der Waals surface area contributed by atoms with E-state index in [1.54, 1.807) is 0 Å². The van der Waals surface area contributed by atoms with Crippen molar-refractivity contribution >= 4 is 0 Å². The number of nitrogens with one attached hydrogen (secondary N) is 1. The van der Waals surface area contributed by atoms with Crippen LogP contribution in [0.25, 0.3) is 0 Å². The third kappa shape index (κ3) is 2.90. The van der Waals surface area contributed by atoms with Crippen molar-refractivity contribution in [2.75, 3.05) is 13.1 Å². The molecule has 130 valence electrons. The molecule has 2 aliphatic rings. The minimum Gasteiger partial charge on any atom is -0.330 e. The zero-order valence-corrected chi connectivity index (χ0v) is 15.2. The Balaban J connectivity index is 1.46. The predicted octanol–water partition coefficient (Wildman–Crippen LogP) is 3.23. The van der Waals surface area contributed by atoms with E-state index in [2.05, 4.69) is 51.7 Å². The molecule has 0 spiro atoms. The lowest BCUT2D eigenvalue weighted by Crippen LogP contribution is -2.24. The Morgan fingerprint density at radius 2 is 2.08 bits per heavy atom. The first-order chi connectivity index (χ1) is 11.5. The summed E-state index contributed by atoms with van der Waals surface area (Å²) in [5.74, 6) is 0. The largest absolute Gasteiger partial charge is 0.330 e. The maximum absolute atomic E-state index is 4.68. The highest BCUT2D eigenvalue weighted by molar-refractivity contribution is 5.23. The van der Waals surface area contributed by atoms with Gasteiger partial charge in [0.1, 0.15) is 0 Å². The smallest absolute Gasteiger partial charge is 0.0954 e. The third-order valence-corrected chi connectivity index (χ3v) is 5.56. The van der Waals surface area contributed by atoms with E-state index in [1.165, 1.54) is 54.7 Å². The van der Waals surface area contributed by atoms with E-state index >= 15 is 0 Å². The van der Waals surface area contributed by atoms with Crippen LogP contribution < -0.4 is 0 Å². The molecule has 0 radical (unpaired) electrons. The Labute approximate surface area is 144 Å². The van der Waals surface area contributed by atoms with Crippen molar-refractivity contribution in [2.24, 2.45) is 0 Å². The molecule has 1 saturated heterocycles. The fraction of sp³-hybridized carbons (Fsp3) is 0.684. The number of nitrogens with zero attached hydrogens (tertiary/aromatic N) is 4. The highest BCUT2D eigenvalue weighted by Crippen LogP contribution is 2.30. The molecule has 3 heterocycles. The van der Waals surface area contributed by atoms with E-state index in [0.29, 0.717) is 6.04 Å². The van der Waals surface area contributed by atoms with Crippen molar-refractivity contribution in [2.45, 2.75) is 70.9 Å². The van der Waals surface area contributed by atoms with Crippen molar-refractivity contribution in [1.29, 1.82) is 0 Å². The van der Waals surface area contributed by atoms with Gasteiger partial charge >= 0.3 is 0 Å². The number of imidazole rings is 1. The van der Waals surface area contributed by atoms with Crippen molar-refractivity contribution in [3.05, 3.63) is 35.2 Å². The summed E-state index contributed by atoms with van der Waals surface area (Å²) in [5, 5.41) is 7.50. The quantitative estimate of drug-likeness (QED) is 0.941. The zero-order valence-electron chi connectivity index (χ0n) is 15.2. The summed E-state index contributed by atoms with van der Waals surface area (Å²) in [5.41, 5.74) is 5.59. The number of hydrogen-bond donors (Lipinski definition) is 1. The van der Waals surface area contributed by atoms with Crippen molar-refractivity contribution in [3.63, 3.8) is 0 Å². The van der Waals surface area contributed by atoms with Crippen LogP contribution in [0.15, 0.2) is 12.5 Å². The molecular weight excluding hydrogens is 298 g/mol. The van der Waals surface area contributed by atoms with Crippen LogP contribution in [-0.4, -0.2) is 37.7 Å². The highest BCUT2D eigenvalue weighted by Gasteiger charge is 2.29. The second kappa shape index (κ2) is 6.03. The molecule has 1 N–H and O–H groups in total. The SMILES string of the molecule is CC(C)(C)c1[nH]ncc1CN1CCC(n2cnc3c2CCCC3)C1. The Hall–Kier alpha value is -1.62. The first-order valence-electron chi connectivity index (χ1n) is 9.32. The molecule has 1 unspecified atom stereocenters. The maximum Gasteiger partial charge on any atom is 0.0954 e. The summed E-state index contributed by atoms with van der Waals surface area (Å²) in [6.45, 7) is 10.0. The molecule has 4 rings (SSSR count). The van der Waals surface area contributed by atoms with E-state index in [-0.39, 0.29) is 5.41 Å². The van der Waals surface area contributed by atoms with Gasteiger partial charge in [0.25, 0.3) is 0 Å². The molecule has 2 aromatic heterocycles. The number of aryl methyl sites for hydroxylation is 1. The van der Waals surface area contributed by atoms with Crippen molar-refractivity contribution in [3.8, 4) is 0 Å². The number of fused-ring (bicyclic) bond motifs is 1. The lowest BCUT2D eigenvalue weighted by Gasteiger charge is -2.22. The monoisotopic (exact) mass is 327 g/mol. The van der Waals surface area contributed by atoms with Gasteiger partial charge in [-0.3, -0.25) is 10.00 Å². The van der Waals surface area contributed by atoms with Crippen LogP contribution in [0.3, 0.4) is 0 Å². The molecule has 1 fully saturated rings. The molecule has 1 aliphatic carbocycles. The standard InChI is InChI=1S/C19H29N5/c1-19(2,3)18-14(10-21-22-18)11-23-9-8-15(12-23)24-13-20-16-6-4-5-7-17(16)24/h10,13,15H,4-9,11-12H2,1-3H3,(H,21,22). The van der Waals surface area contributed by atoms with Gasteiger partial charge < -0.3 is 4.57 Å². The number of aromatic nitrogens is 4. The topological polar surface area (TPSA) is 49.7 Å². The van der Waals surface area contributed by atoms with Gasteiger partial charge in [-0.15, -0.1) is 0 Å². The van der Waals surface area contributed by atoms with Crippen LogP contribution in [0.2, 0.25) is 0 Å². The average molecular weight is 327 g/mol. The molecule has 5 nitrogen and oxygen atoms in total. The van der Waals surface area contributed by atoms with Gasteiger partial charge in [0.05, 0.1) is 18.2 Å². The van der Waals surface area contributed by atoms with Crippen LogP contribution in [0.4, 0.5) is 0 Å². The van der Waals surface area contributed by atoms with Crippen LogP contribution in [0.1, 0.15) is 68.7 Å². The maximum atomic E-state index is 4.68. The molecule has 0 saturated carbocycles. The lowest BCUT2D eigenvalue weighted by atomic mass is 9.89. The summed E-state index contributed by atoms with van der Waals surface area (Å²) in [6, 6.07) is 0.587. The molecular formula is C19H29N5. The molecule has 2 aromatic rings. The molecule has 5 heteroatoms. The summed E-state index contributed by atoms with van der Waals surface area (Å²) >= 11 is 0. The fourth-order valence-corrected chi connectivity index (χ4v) is 4.31. The van der Waals surface area contributed by atoms with E-state index in [4.69, 9.17) is 0 Å². The van der Waals surface area contributed by atoms with E-state index in [0.717, 1.165) is 19.6 Å². The third-order valence-electron chi connectivity index (χ3n) is 5.56. The highest BCUT2D eigenvalue weighted by atomic mass is 15.2. The summed E-state index contributed by atoms with van der Waals surface area (Å²) < 4.78 is 2.48. The number of aromatic amines is 1. The predicted molar refractivity (Wildman–Crippen MR) is 95.1 cm³/mol. The van der Waals surface area contributed by atoms with E-state index in [9.17, 15) is 0 Å². The Morgan fingerprint density at radius 3 is 2.92 bits per heavy atom. The van der Waals surface area contributed by atoms with Crippen LogP contribution in [-0.2, 0) is 24.8 Å². The Bertz CT molecular complexity index is 706. The Kier molecular flexibility index (Phi) is 3.99. The molecule has 0 amide bonds. The Morgan fingerprint density at radius 1 is 1.25 bits per heavy atom. The molecule has 0 aromatic carbocycles. The van der Waals surface area contributed by atoms with E-state index in [1.807, 2.05) is 6.20 Å². The second-order valence-corrected chi connectivity index (χ2v) is 8.45. The summed E-state index contributed by atoms with van der Waals surface area (Å²) in [4.78, 5) is 7.25. The number of likely N-dealkylation sites (tertiary alicyclic amines) is 1. The number of rotatable bonds is 3. The molecule has 0 bridgehead atoms. The van der Waals surface area contributed by atoms with Gasteiger partial charge in [0.15, 0.2) is 0 Å². The minimum absolute atomic E-state index is 0.119. The minimum atomic E-state index is 0.119. The van der Waals surface area contributed by atoms with Gasteiger partial charge in [0, 0.05) is 48.0 Å². The first-order valence-corrected chi connectivity index (χ1v) is 9.32. The molecule has 24 heavy (non-hydrogen) atoms. The van der Waals surface area contributed by atoms with Gasteiger partial charge in [-0.05, 0) is 32.1 Å². The first kappa shape index (κ1) is 15.9. The van der Waals surface area contributed by atoms with Crippen molar-refractivity contribution < 1.29 is 0 Å². The van der Waals surface area contributed by atoms with Gasteiger partial charge in [-0.25, -0.2) is 4.98 Å². The van der Waals surface area contributed by atoms with Crippen LogP contribution >= 0.6 is 0 Å². The van der Waals surface area contributed by atoms with Gasteiger partial charge in [-0.1, -0.05) is 20.8 Å². The molecule has 1 aliphatic heterocycles. The summed E-state index contributed by atoms with van der Waals surface area (Å²) in [6.07, 6.45) is 10.3. The lowest BCUT2D eigenvalue weighted by molar-refractivity contribution is 0.312. The molecule has 1 atom stereocenters. The van der Waals surface area contributed by atoms with Gasteiger partial charge in [-0.2, -0.15) is 5.10 Å². The van der Waals surface area contributed by atoms with Crippen molar-refractivity contribution in [1.82, 2.24) is 24.6 Å². The van der Waals surface area contributed by atoms with Crippen LogP contribution in [0, 0.1) is 0 Å². The second-order valence-electron chi connectivity index (χ2n) is 8.45. The average Bonchev–Trinajstić information content (AvgIpc) is 3.25. The summed E-state index contributed by atoms with van der Waals surface area (Å²) in [7, 11) is 0. The zero-order chi connectivity index (χ0) is 16.7. The number of hydrogen-bond acceptors (Lipinski definition) is 3. The van der Waals surface area contributed by atoms with Crippen LogP contribution in [0.5, 0.6) is 0 Å².